The van der Waals surface area contributed by atoms with E-state index in [-0.39, 0.29) is 19.1 Å². The van der Waals surface area contributed by atoms with Crippen LogP contribution >= 0.6 is 0 Å². The maximum absolute atomic E-state index is 12.0. The van der Waals surface area contributed by atoms with E-state index in [0.29, 0.717) is 22.9 Å². The van der Waals surface area contributed by atoms with Gasteiger partial charge in [0.15, 0.2) is 6.61 Å². The SMILES string of the molecule is CC(C)c1ccc(CNC(=O)C(=O)N/N=C\c2ccc(OCC(=O)Nc3ccccc3)cc2)cc1. The number of amides is 3. The molecule has 180 valence electrons. The van der Waals surface area contributed by atoms with Crippen molar-refractivity contribution in [3.63, 3.8) is 0 Å². The Bertz CT molecular complexity index is 1160. The van der Waals surface area contributed by atoms with Gasteiger partial charge in [-0.05, 0) is 59.0 Å². The monoisotopic (exact) mass is 472 g/mol. The quantitative estimate of drug-likeness (QED) is 0.251. The number of carbonyl (C=O) groups excluding carboxylic acids is 3. The number of hydrogen-bond donors (Lipinski definition) is 3. The number of hydrogen-bond acceptors (Lipinski definition) is 5. The molecule has 3 amide bonds. The lowest BCUT2D eigenvalue weighted by Crippen LogP contribution is -2.37. The van der Waals surface area contributed by atoms with E-state index in [9.17, 15) is 14.4 Å². The van der Waals surface area contributed by atoms with Gasteiger partial charge in [0.25, 0.3) is 5.91 Å². The Hall–Kier alpha value is -4.46. The van der Waals surface area contributed by atoms with Crippen molar-refractivity contribution in [1.82, 2.24) is 10.7 Å². The summed E-state index contributed by atoms with van der Waals surface area (Å²) in [5.74, 6) is -0.958. The molecule has 0 radical (unpaired) electrons. The van der Waals surface area contributed by atoms with Crippen molar-refractivity contribution < 1.29 is 19.1 Å². The fourth-order valence-electron chi connectivity index (χ4n) is 3.02. The molecule has 0 aliphatic rings. The molecule has 3 rings (SSSR count). The summed E-state index contributed by atoms with van der Waals surface area (Å²) in [6.07, 6.45) is 1.40. The molecule has 35 heavy (non-hydrogen) atoms. The Kier molecular flexibility index (Phi) is 9.13. The van der Waals surface area contributed by atoms with Crippen molar-refractivity contribution in [2.75, 3.05) is 11.9 Å². The molecule has 0 aliphatic carbocycles. The van der Waals surface area contributed by atoms with Crippen LogP contribution < -0.4 is 20.8 Å². The first-order chi connectivity index (χ1) is 16.9. The lowest BCUT2D eigenvalue weighted by molar-refractivity contribution is -0.139. The van der Waals surface area contributed by atoms with E-state index in [1.54, 1.807) is 36.4 Å². The molecule has 8 heteroatoms. The lowest BCUT2D eigenvalue weighted by atomic mass is 10.0. The molecule has 0 unspecified atom stereocenters. The van der Waals surface area contributed by atoms with E-state index in [2.05, 4.69) is 35.0 Å². The second-order valence-corrected chi connectivity index (χ2v) is 8.05. The highest BCUT2D eigenvalue weighted by Gasteiger charge is 2.12. The first-order valence-corrected chi connectivity index (χ1v) is 11.2. The molecule has 0 aromatic heterocycles. The minimum atomic E-state index is -0.857. The molecule has 0 fully saturated rings. The molecule has 3 aromatic carbocycles. The third kappa shape index (κ3) is 8.43. The first-order valence-electron chi connectivity index (χ1n) is 11.2. The highest BCUT2D eigenvalue weighted by atomic mass is 16.5. The van der Waals surface area contributed by atoms with Crippen LogP contribution in [0.5, 0.6) is 5.75 Å². The number of carbonyl (C=O) groups is 3. The molecule has 3 N–H and O–H groups in total. The van der Waals surface area contributed by atoms with Crippen LogP contribution in [0.2, 0.25) is 0 Å². The summed E-state index contributed by atoms with van der Waals surface area (Å²) >= 11 is 0. The van der Waals surface area contributed by atoms with Gasteiger partial charge in [0.1, 0.15) is 5.75 Å². The normalized spacial score (nSPS) is 10.7. The Morgan fingerprint density at radius 3 is 2.23 bits per heavy atom. The Morgan fingerprint density at radius 1 is 0.886 bits per heavy atom. The predicted octanol–water partition coefficient (Wildman–Crippen LogP) is 3.59. The molecule has 0 saturated heterocycles. The van der Waals surface area contributed by atoms with Gasteiger partial charge < -0.3 is 15.4 Å². The van der Waals surface area contributed by atoms with E-state index in [1.165, 1.54) is 11.8 Å². The van der Waals surface area contributed by atoms with Gasteiger partial charge >= 0.3 is 11.8 Å². The zero-order chi connectivity index (χ0) is 25.0. The molecule has 0 atom stereocenters. The maximum Gasteiger partial charge on any atom is 0.329 e. The molecule has 0 spiro atoms. The van der Waals surface area contributed by atoms with Crippen molar-refractivity contribution in [1.29, 1.82) is 0 Å². The number of anilines is 1. The van der Waals surface area contributed by atoms with Gasteiger partial charge in [-0.25, -0.2) is 5.43 Å². The molecule has 0 bridgehead atoms. The average molecular weight is 473 g/mol. The summed E-state index contributed by atoms with van der Waals surface area (Å²) in [6.45, 7) is 4.34. The zero-order valence-corrected chi connectivity index (χ0v) is 19.7. The molecular weight excluding hydrogens is 444 g/mol. The van der Waals surface area contributed by atoms with Crippen LogP contribution in [0.15, 0.2) is 84.0 Å². The van der Waals surface area contributed by atoms with E-state index in [0.717, 1.165) is 5.56 Å². The molecule has 0 heterocycles. The third-order valence-corrected chi connectivity index (χ3v) is 4.99. The Labute approximate surface area is 204 Å². The summed E-state index contributed by atoms with van der Waals surface area (Å²) < 4.78 is 5.47. The van der Waals surface area contributed by atoms with Crippen molar-refractivity contribution in [2.45, 2.75) is 26.3 Å². The van der Waals surface area contributed by atoms with E-state index >= 15 is 0 Å². The average Bonchev–Trinajstić information content (AvgIpc) is 2.87. The number of nitrogens with zero attached hydrogens (tertiary/aromatic N) is 1. The van der Waals surface area contributed by atoms with Crippen LogP contribution in [0.25, 0.3) is 0 Å². The van der Waals surface area contributed by atoms with Gasteiger partial charge in [0.2, 0.25) is 0 Å². The summed E-state index contributed by atoms with van der Waals surface area (Å²) in [6, 6.07) is 23.7. The minimum Gasteiger partial charge on any atom is -0.484 e. The highest BCUT2D eigenvalue weighted by Crippen LogP contribution is 2.14. The van der Waals surface area contributed by atoms with Crippen LogP contribution in [0.4, 0.5) is 5.69 Å². The van der Waals surface area contributed by atoms with Crippen molar-refractivity contribution in [2.24, 2.45) is 5.10 Å². The molecule has 3 aromatic rings. The van der Waals surface area contributed by atoms with Crippen molar-refractivity contribution in [3.05, 3.63) is 95.6 Å². The molecule has 8 nitrogen and oxygen atoms in total. The number of rotatable bonds is 9. The maximum atomic E-state index is 12.0. The van der Waals surface area contributed by atoms with Crippen molar-refractivity contribution in [3.8, 4) is 5.75 Å². The summed E-state index contributed by atoms with van der Waals surface area (Å²) in [5, 5.41) is 9.11. The van der Waals surface area contributed by atoms with E-state index in [4.69, 9.17) is 4.74 Å². The molecule has 0 saturated carbocycles. The second kappa shape index (κ2) is 12.7. The van der Waals surface area contributed by atoms with Crippen LogP contribution in [0.3, 0.4) is 0 Å². The number of benzene rings is 3. The largest absolute Gasteiger partial charge is 0.484 e. The Balaban J connectivity index is 1.38. The molecule has 0 aliphatic heterocycles. The first kappa shape index (κ1) is 25.2. The smallest absolute Gasteiger partial charge is 0.329 e. The fourth-order valence-corrected chi connectivity index (χ4v) is 3.02. The van der Waals surface area contributed by atoms with Crippen molar-refractivity contribution >= 4 is 29.6 Å². The topological polar surface area (TPSA) is 109 Å². The second-order valence-electron chi connectivity index (χ2n) is 8.05. The van der Waals surface area contributed by atoms with Gasteiger partial charge in [-0.15, -0.1) is 0 Å². The highest BCUT2D eigenvalue weighted by molar-refractivity contribution is 6.35. The van der Waals surface area contributed by atoms with Gasteiger partial charge in [0.05, 0.1) is 6.21 Å². The summed E-state index contributed by atoms with van der Waals surface area (Å²) in [5.41, 5.74) is 5.69. The third-order valence-electron chi connectivity index (χ3n) is 4.99. The number of nitrogens with one attached hydrogen (secondary N) is 3. The summed E-state index contributed by atoms with van der Waals surface area (Å²) in [7, 11) is 0. The van der Waals surface area contributed by atoms with Crippen LogP contribution in [-0.2, 0) is 20.9 Å². The van der Waals surface area contributed by atoms with Gasteiger partial charge in [-0.1, -0.05) is 56.3 Å². The standard InChI is InChI=1S/C27H28N4O4/c1-19(2)22-12-8-20(9-13-22)16-28-26(33)27(34)31-29-17-21-10-14-24(15-11-21)35-18-25(32)30-23-6-4-3-5-7-23/h3-15,17,19H,16,18H2,1-2H3,(H,28,33)(H,30,32)(H,31,34)/b29-17-. The van der Waals surface area contributed by atoms with Crippen LogP contribution in [0, 0.1) is 0 Å². The Morgan fingerprint density at radius 2 is 1.57 bits per heavy atom. The number of para-hydroxylation sites is 1. The molecular formula is C27H28N4O4. The van der Waals surface area contributed by atoms with Crippen LogP contribution in [-0.4, -0.2) is 30.5 Å². The number of hydrazone groups is 1. The van der Waals surface area contributed by atoms with E-state index in [1.807, 2.05) is 42.5 Å². The van der Waals surface area contributed by atoms with Gasteiger partial charge in [-0.3, -0.25) is 14.4 Å². The van der Waals surface area contributed by atoms with Crippen LogP contribution in [0.1, 0.15) is 36.5 Å². The number of ether oxygens (including phenoxy) is 1. The zero-order valence-electron chi connectivity index (χ0n) is 19.7. The summed E-state index contributed by atoms with van der Waals surface area (Å²) in [4.78, 5) is 35.9. The predicted molar refractivity (Wildman–Crippen MR) is 135 cm³/mol. The van der Waals surface area contributed by atoms with E-state index < -0.39 is 11.8 Å². The van der Waals surface area contributed by atoms with Gasteiger partial charge in [0, 0.05) is 12.2 Å². The fraction of sp³-hybridized carbons (Fsp3) is 0.185. The lowest BCUT2D eigenvalue weighted by Gasteiger charge is -2.08. The van der Waals surface area contributed by atoms with Gasteiger partial charge in [-0.2, -0.15) is 5.10 Å². The minimum absolute atomic E-state index is 0.130.